The van der Waals surface area contributed by atoms with E-state index in [4.69, 9.17) is 0 Å². The predicted molar refractivity (Wildman–Crippen MR) is 114 cm³/mol. The molecule has 2 aromatic carbocycles. The Morgan fingerprint density at radius 3 is 2.63 bits per heavy atom. The van der Waals surface area contributed by atoms with Crippen molar-refractivity contribution in [2.24, 2.45) is 0 Å². The lowest BCUT2D eigenvalue weighted by Crippen LogP contribution is -2.44. The molecule has 30 heavy (non-hydrogen) atoms. The molecular formula is C23H22N4O3. The van der Waals surface area contributed by atoms with Crippen LogP contribution in [0.2, 0.25) is 0 Å². The third-order valence-corrected chi connectivity index (χ3v) is 5.92. The number of fused-ring (bicyclic) bond motifs is 3. The van der Waals surface area contributed by atoms with Crippen molar-refractivity contribution in [1.82, 2.24) is 9.88 Å². The first-order chi connectivity index (χ1) is 14.5. The third kappa shape index (κ3) is 3.07. The predicted octanol–water partition coefficient (Wildman–Crippen LogP) is 2.82. The van der Waals surface area contributed by atoms with E-state index < -0.39 is 6.04 Å². The molecule has 2 aliphatic heterocycles. The fourth-order valence-corrected chi connectivity index (χ4v) is 4.52. The molecule has 0 aliphatic carbocycles. The molecule has 3 amide bonds. The van der Waals surface area contributed by atoms with Gasteiger partial charge < -0.3 is 10.3 Å². The molecule has 7 nitrogen and oxygen atoms in total. The van der Waals surface area contributed by atoms with E-state index in [1.165, 1.54) is 28.5 Å². The third-order valence-electron chi connectivity index (χ3n) is 5.92. The standard InChI is InChI=1S/C23H22N4O3/c1-14(28)24-15-6-8-16(9-7-15)27-22(29)12-21(23(27)30)26-11-10-20-18(13-26)17-4-2-3-5-19(17)25-20/h2-9,21,25H,10-13H2,1H3,(H,24,28)/t21-/m0/s1. The first-order valence-corrected chi connectivity index (χ1v) is 10.1. The van der Waals surface area contributed by atoms with Crippen LogP contribution in [0.4, 0.5) is 11.4 Å². The monoisotopic (exact) mass is 402 g/mol. The number of carbonyl (C=O) groups excluding carboxylic acids is 3. The number of nitrogens with one attached hydrogen (secondary N) is 2. The van der Waals surface area contributed by atoms with E-state index in [1.54, 1.807) is 24.3 Å². The molecule has 5 rings (SSSR count). The summed E-state index contributed by atoms with van der Waals surface area (Å²) in [6.07, 6.45) is 1.01. The van der Waals surface area contributed by atoms with Crippen molar-refractivity contribution in [3.63, 3.8) is 0 Å². The van der Waals surface area contributed by atoms with E-state index in [-0.39, 0.29) is 24.1 Å². The number of nitrogens with zero attached hydrogens (tertiary/aromatic N) is 2. The highest BCUT2D eigenvalue weighted by Gasteiger charge is 2.43. The molecule has 1 aromatic heterocycles. The Balaban J connectivity index is 1.37. The summed E-state index contributed by atoms with van der Waals surface area (Å²) in [6.45, 7) is 2.82. The highest BCUT2D eigenvalue weighted by molar-refractivity contribution is 6.22. The maximum atomic E-state index is 13.2. The molecule has 2 aliphatic rings. The topological polar surface area (TPSA) is 85.5 Å². The maximum absolute atomic E-state index is 13.2. The Hall–Kier alpha value is -3.45. The van der Waals surface area contributed by atoms with Crippen LogP contribution < -0.4 is 10.2 Å². The summed E-state index contributed by atoms with van der Waals surface area (Å²) in [5, 5.41) is 3.87. The van der Waals surface area contributed by atoms with Crippen LogP contribution in [0.3, 0.4) is 0 Å². The van der Waals surface area contributed by atoms with Crippen LogP contribution in [-0.2, 0) is 27.3 Å². The number of carbonyl (C=O) groups is 3. The number of hydrogen-bond acceptors (Lipinski definition) is 4. The summed E-state index contributed by atoms with van der Waals surface area (Å²) in [5.74, 6) is -0.546. The number of para-hydroxylation sites is 1. The summed E-state index contributed by atoms with van der Waals surface area (Å²) in [6, 6.07) is 14.5. The van der Waals surface area contributed by atoms with E-state index in [1.807, 2.05) is 12.1 Å². The fraction of sp³-hybridized carbons (Fsp3) is 0.261. The van der Waals surface area contributed by atoms with Crippen molar-refractivity contribution in [2.45, 2.75) is 32.4 Å². The summed E-state index contributed by atoms with van der Waals surface area (Å²) in [5.41, 5.74) is 4.71. The molecule has 0 unspecified atom stereocenters. The van der Waals surface area contributed by atoms with Gasteiger partial charge in [-0.2, -0.15) is 0 Å². The minimum Gasteiger partial charge on any atom is -0.358 e. The Morgan fingerprint density at radius 2 is 1.87 bits per heavy atom. The zero-order valence-electron chi connectivity index (χ0n) is 16.6. The normalized spacial score (nSPS) is 19.4. The Kier molecular flexibility index (Phi) is 4.40. The number of hydrogen-bond donors (Lipinski definition) is 2. The van der Waals surface area contributed by atoms with Crippen LogP contribution in [-0.4, -0.2) is 40.2 Å². The zero-order valence-corrected chi connectivity index (χ0v) is 16.6. The second-order valence-electron chi connectivity index (χ2n) is 7.86. The molecule has 1 atom stereocenters. The van der Waals surface area contributed by atoms with Gasteiger partial charge in [0.05, 0.1) is 18.2 Å². The van der Waals surface area contributed by atoms with Gasteiger partial charge in [0.2, 0.25) is 11.8 Å². The lowest BCUT2D eigenvalue weighted by Gasteiger charge is -2.31. The Morgan fingerprint density at radius 1 is 1.10 bits per heavy atom. The van der Waals surface area contributed by atoms with Gasteiger partial charge in [0, 0.05) is 48.7 Å². The quantitative estimate of drug-likeness (QED) is 0.660. The summed E-state index contributed by atoms with van der Waals surface area (Å²) < 4.78 is 0. The molecule has 3 heterocycles. The van der Waals surface area contributed by atoms with Crippen molar-refractivity contribution < 1.29 is 14.4 Å². The molecule has 0 radical (unpaired) electrons. The minimum absolute atomic E-state index is 0.169. The second-order valence-corrected chi connectivity index (χ2v) is 7.86. The number of imide groups is 1. The van der Waals surface area contributed by atoms with Gasteiger partial charge in [-0.3, -0.25) is 19.3 Å². The molecule has 0 bridgehead atoms. The highest BCUT2D eigenvalue weighted by atomic mass is 16.2. The van der Waals surface area contributed by atoms with E-state index in [9.17, 15) is 14.4 Å². The van der Waals surface area contributed by atoms with E-state index in [0.29, 0.717) is 17.9 Å². The van der Waals surface area contributed by atoms with Crippen LogP contribution in [0.15, 0.2) is 48.5 Å². The number of aromatic amines is 1. The average Bonchev–Trinajstić information content (AvgIpc) is 3.25. The first kappa shape index (κ1) is 18.6. The van der Waals surface area contributed by atoms with E-state index >= 15 is 0 Å². The summed E-state index contributed by atoms with van der Waals surface area (Å²) in [4.78, 5) is 44.0. The number of amides is 3. The fourth-order valence-electron chi connectivity index (χ4n) is 4.52. The van der Waals surface area contributed by atoms with Crippen molar-refractivity contribution in [1.29, 1.82) is 0 Å². The van der Waals surface area contributed by atoms with Gasteiger partial charge in [-0.05, 0) is 35.9 Å². The molecule has 7 heteroatoms. The first-order valence-electron chi connectivity index (χ1n) is 10.1. The van der Waals surface area contributed by atoms with Crippen LogP contribution in [0.5, 0.6) is 0 Å². The van der Waals surface area contributed by atoms with Crippen molar-refractivity contribution in [3.8, 4) is 0 Å². The molecule has 1 fully saturated rings. The minimum atomic E-state index is -0.450. The highest BCUT2D eigenvalue weighted by Crippen LogP contribution is 2.32. The lowest BCUT2D eigenvalue weighted by atomic mass is 10.0. The Labute approximate surface area is 173 Å². The maximum Gasteiger partial charge on any atom is 0.251 e. The molecule has 2 N–H and O–H groups in total. The van der Waals surface area contributed by atoms with Gasteiger partial charge in [0.25, 0.3) is 5.91 Å². The number of rotatable bonds is 3. The smallest absolute Gasteiger partial charge is 0.251 e. The lowest BCUT2D eigenvalue weighted by molar-refractivity contribution is -0.123. The Bertz CT molecular complexity index is 1160. The van der Waals surface area contributed by atoms with E-state index in [0.717, 1.165) is 18.5 Å². The largest absolute Gasteiger partial charge is 0.358 e. The van der Waals surface area contributed by atoms with Gasteiger partial charge in [-0.15, -0.1) is 0 Å². The van der Waals surface area contributed by atoms with Crippen LogP contribution >= 0.6 is 0 Å². The molecule has 0 spiro atoms. The van der Waals surface area contributed by atoms with Crippen LogP contribution in [0.1, 0.15) is 24.6 Å². The molecule has 1 saturated heterocycles. The SMILES string of the molecule is CC(=O)Nc1ccc(N2C(=O)C[C@H](N3CCc4[nH]c5ccccc5c4C3)C2=O)cc1. The molecular weight excluding hydrogens is 380 g/mol. The zero-order chi connectivity index (χ0) is 20.8. The van der Waals surface area contributed by atoms with Crippen molar-refractivity contribution in [2.75, 3.05) is 16.8 Å². The van der Waals surface area contributed by atoms with Gasteiger partial charge in [0.1, 0.15) is 0 Å². The number of benzene rings is 2. The number of H-pyrrole nitrogens is 1. The van der Waals surface area contributed by atoms with Gasteiger partial charge in [0.15, 0.2) is 0 Å². The van der Waals surface area contributed by atoms with Gasteiger partial charge >= 0.3 is 0 Å². The van der Waals surface area contributed by atoms with Crippen molar-refractivity contribution in [3.05, 3.63) is 59.8 Å². The summed E-state index contributed by atoms with van der Waals surface area (Å²) >= 11 is 0. The average molecular weight is 402 g/mol. The molecule has 152 valence electrons. The number of aromatic nitrogens is 1. The second kappa shape index (κ2) is 7.11. The molecule has 3 aromatic rings. The van der Waals surface area contributed by atoms with Gasteiger partial charge in [-0.1, -0.05) is 18.2 Å². The van der Waals surface area contributed by atoms with Crippen LogP contribution in [0.25, 0.3) is 10.9 Å². The van der Waals surface area contributed by atoms with E-state index in [2.05, 4.69) is 27.3 Å². The van der Waals surface area contributed by atoms with Crippen molar-refractivity contribution >= 4 is 40.0 Å². The summed E-state index contributed by atoms with van der Waals surface area (Å²) in [7, 11) is 0. The van der Waals surface area contributed by atoms with Gasteiger partial charge in [-0.25, -0.2) is 4.90 Å². The number of anilines is 2. The molecule has 0 saturated carbocycles. The van der Waals surface area contributed by atoms with Crippen LogP contribution in [0, 0.1) is 0 Å².